The number of ketones is 1. The minimum absolute atomic E-state index is 0.0433. The average molecular weight is 323 g/mol. The molecule has 3 rings (SSSR count). The SMILES string of the molecule is O=C(Cc1ccc(Cl)cc1F)c1cc2ccc(F)cc2s1. The highest BCUT2D eigenvalue weighted by atomic mass is 35.5. The van der Waals surface area contributed by atoms with Crippen molar-refractivity contribution in [1.29, 1.82) is 0 Å². The van der Waals surface area contributed by atoms with Gasteiger partial charge in [-0.3, -0.25) is 4.79 Å². The van der Waals surface area contributed by atoms with E-state index in [2.05, 4.69) is 0 Å². The Labute approximate surface area is 128 Å². The lowest BCUT2D eigenvalue weighted by Crippen LogP contribution is -2.03. The fraction of sp³-hybridized carbons (Fsp3) is 0.0625. The van der Waals surface area contributed by atoms with Gasteiger partial charge in [0.25, 0.3) is 0 Å². The topological polar surface area (TPSA) is 17.1 Å². The van der Waals surface area contributed by atoms with Gasteiger partial charge in [-0.1, -0.05) is 23.7 Å². The number of carbonyl (C=O) groups excluding carboxylic acids is 1. The van der Waals surface area contributed by atoms with E-state index in [4.69, 9.17) is 11.6 Å². The first-order chi connectivity index (χ1) is 10.0. The molecule has 1 nitrogen and oxygen atoms in total. The van der Waals surface area contributed by atoms with Gasteiger partial charge in [0.2, 0.25) is 0 Å². The Kier molecular flexibility index (Phi) is 3.74. The monoisotopic (exact) mass is 322 g/mol. The van der Waals surface area contributed by atoms with E-state index in [1.54, 1.807) is 18.2 Å². The fourth-order valence-electron chi connectivity index (χ4n) is 2.07. The molecule has 3 aromatic rings. The van der Waals surface area contributed by atoms with Crippen LogP contribution in [0.5, 0.6) is 0 Å². The molecule has 0 radical (unpaired) electrons. The van der Waals surface area contributed by atoms with Crippen molar-refractivity contribution in [3.8, 4) is 0 Å². The average Bonchev–Trinajstić information content (AvgIpc) is 2.85. The predicted molar refractivity (Wildman–Crippen MR) is 81.2 cm³/mol. The quantitative estimate of drug-likeness (QED) is 0.601. The molecule has 21 heavy (non-hydrogen) atoms. The molecule has 0 amide bonds. The Balaban J connectivity index is 1.89. The molecule has 0 aliphatic heterocycles. The van der Waals surface area contributed by atoms with Crippen LogP contribution < -0.4 is 0 Å². The maximum absolute atomic E-state index is 13.7. The third-order valence-corrected chi connectivity index (χ3v) is 4.50. The number of benzene rings is 2. The van der Waals surface area contributed by atoms with Gasteiger partial charge in [-0.15, -0.1) is 11.3 Å². The van der Waals surface area contributed by atoms with Crippen molar-refractivity contribution in [1.82, 2.24) is 0 Å². The standard InChI is InChI=1S/C16H9ClF2OS/c17-11-3-1-9(13(19)7-11)5-14(20)16-6-10-2-4-12(18)8-15(10)21-16/h1-4,6-8H,5H2. The molecule has 1 aromatic heterocycles. The Hall–Kier alpha value is -1.78. The summed E-state index contributed by atoms with van der Waals surface area (Å²) in [4.78, 5) is 12.7. The fourth-order valence-corrected chi connectivity index (χ4v) is 3.25. The summed E-state index contributed by atoms with van der Waals surface area (Å²) in [7, 11) is 0. The largest absolute Gasteiger partial charge is 0.293 e. The number of Topliss-reactive ketones (excluding diaryl/α,β-unsaturated/α-hetero) is 1. The van der Waals surface area contributed by atoms with Gasteiger partial charge < -0.3 is 0 Å². The molecule has 0 aliphatic carbocycles. The lowest BCUT2D eigenvalue weighted by molar-refractivity contribution is 0.0995. The second kappa shape index (κ2) is 5.54. The summed E-state index contributed by atoms with van der Waals surface area (Å²) in [6, 6.07) is 10.3. The summed E-state index contributed by atoms with van der Waals surface area (Å²) in [5, 5.41) is 1.10. The third-order valence-electron chi connectivity index (χ3n) is 3.12. The maximum Gasteiger partial charge on any atom is 0.177 e. The van der Waals surface area contributed by atoms with E-state index in [9.17, 15) is 13.6 Å². The van der Waals surface area contributed by atoms with E-state index in [-0.39, 0.29) is 18.0 Å². The van der Waals surface area contributed by atoms with Gasteiger partial charge in [-0.05, 0) is 41.3 Å². The van der Waals surface area contributed by atoms with E-state index < -0.39 is 5.82 Å². The van der Waals surface area contributed by atoms with Crippen LogP contribution in [0, 0.1) is 11.6 Å². The van der Waals surface area contributed by atoms with Crippen molar-refractivity contribution in [2.24, 2.45) is 0 Å². The second-order valence-electron chi connectivity index (χ2n) is 4.63. The minimum Gasteiger partial charge on any atom is -0.293 e. The first kappa shape index (κ1) is 14.2. The van der Waals surface area contributed by atoms with Gasteiger partial charge in [-0.25, -0.2) is 8.78 Å². The summed E-state index contributed by atoms with van der Waals surface area (Å²) in [6.45, 7) is 0. The number of fused-ring (bicyclic) bond motifs is 1. The molecule has 2 aromatic carbocycles. The summed E-state index contributed by atoms with van der Waals surface area (Å²) in [5.74, 6) is -1.03. The van der Waals surface area contributed by atoms with Gasteiger partial charge in [0, 0.05) is 16.1 Å². The van der Waals surface area contributed by atoms with Crippen LogP contribution in [-0.2, 0) is 6.42 Å². The van der Waals surface area contributed by atoms with E-state index in [0.717, 1.165) is 5.39 Å². The molecule has 0 aliphatic rings. The van der Waals surface area contributed by atoms with Gasteiger partial charge in [-0.2, -0.15) is 0 Å². The normalized spacial score (nSPS) is 11.0. The zero-order valence-corrected chi connectivity index (χ0v) is 12.3. The molecule has 0 saturated heterocycles. The molecule has 0 bridgehead atoms. The van der Waals surface area contributed by atoms with Crippen LogP contribution in [0.4, 0.5) is 8.78 Å². The predicted octanol–water partition coefficient (Wildman–Crippen LogP) is 5.26. The van der Waals surface area contributed by atoms with E-state index >= 15 is 0 Å². The third kappa shape index (κ3) is 2.96. The van der Waals surface area contributed by atoms with Crippen LogP contribution in [0.2, 0.25) is 5.02 Å². The molecular formula is C16H9ClF2OS. The Morgan fingerprint density at radius 3 is 2.67 bits per heavy atom. The minimum atomic E-state index is -0.497. The molecule has 0 atom stereocenters. The molecule has 0 unspecified atom stereocenters. The molecular weight excluding hydrogens is 314 g/mol. The van der Waals surface area contributed by atoms with E-state index in [0.29, 0.717) is 20.2 Å². The lowest BCUT2D eigenvalue weighted by atomic mass is 10.1. The van der Waals surface area contributed by atoms with Crippen LogP contribution in [0.25, 0.3) is 10.1 Å². The zero-order valence-electron chi connectivity index (χ0n) is 10.7. The maximum atomic E-state index is 13.7. The lowest BCUT2D eigenvalue weighted by Gasteiger charge is -2.01. The smallest absolute Gasteiger partial charge is 0.177 e. The Morgan fingerprint density at radius 1 is 1.10 bits per heavy atom. The highest BCUT2D eigenvalue weighted by Gasteiger charge is 2.14. The van der Waals surface area contributed by atoms with Crippen molar-refractivity contribution in [3.05, 3.63) is 69.6 Å². The van der Waals surface area contributed by atoms with Crippen LogP contribution >= 0.6 is 22.9 Å². The molecule has 0 N–H and O–H groups in total. The second-order valence-corrected chi connectivity index (χ2v) is 6.15. The number of carbonyl (C=O) groups is 1. The highest BCUT2D eigenvalue weighted by molar-refractivity contribution is 7.20. The van der Waals surface area contributed by atoms with Crippen molar-refractivity contribution < 1.29 is 13.6 Å². The summed E-state index contributed by atoms with van der Waals surface area (Å²) in [5.41, 5.74) is 0.299. The first-order valence-electron chi connectivity index (χ1n) is 6.19. The number of hydrogen-bond donors (Lipinski definition) is 0. The number of rotatable bonds is 3. The van der Waals surface area contributed by atoms with Gasteiger partial charge >= 0.3 is 0 Å². The Bertz CT molecular complexity index is 841. The molecule has 0 saturated carbocycles. The van der Waals surface area contributed by atoms with E-state index in [1.165, 1.54) is 35.6 Å². The van der Waals surface area contributed by atoms with Crippen LogP contribution in [0.3, 0.4) is 0 Å². The first-order valence-corrected chi connectivity index (χ1v) is 7.38. The summed E-state index contributed by atoms with van der Waals surface area (Å²) >= 11 is 6.89. The number of hydrogen-bond acceptors (Lipinski definition) is 2. The summed E-state index contributed by atoms with van der Waals surface area (Å²) in [6.07, 6.45) is -0.0433. The van der Waals surface area contributed by atoms with Gasteiger partial charge in [0.15, 0.2) is 5.78 Å². The molecule has 0 spiro atoms. The molecule has 0 fully saturated rings. The summed E-state index contributed by atoms with van der Waals surface area (Å²) < 4.78 is 27.5. The van der Waals surface area contributed by atoms with Crippen molar-refractivity contribution >= 4 is 38.8 Å². The van der Waals surface area contributed by atoms with Crippen molar-refractivity contribution in [2.75, 3.05) is 0 Å². The zero-order chi connectivity index (χ0) is 15.0. The van der Waals surface area contributed by atoms with Crippen molar-refractivity contribution in [2.45, 2.75) is 6.42 Å². The highest BCUT2D eigenvalue weighted by Crippen LogP contribution is 2.27. The van der Waals surface area contributed by atoms with Crippen LogP contribution in [-0.4, -0.2) is 5.78 Å². The molecule has 1 heterocycles. The van der Waals surface area contributed by atoms with Gasteiger partial charge in [0.1, 0.15) is 11.6 Å². The van der Waals surface area contributed by atoms with Crippen molar-refractivity contribution in [3.63, 3.8) is 0 Å². The van der Waals surface area contributed by atoms with E-state index in [1.807, 2.05) is 0 Å². The Morgan fingerprint density at radius 2 is 1.90 bits per heavy atom. The molecule has 5 heteroatoms. The van der Waals surface area contributed by atoms with Crippen LogP contribution in [0.15, 0.2) is 42.5 Å². The number of halogens is 3. The number of thiophene rings is 1. The van der Waals surface area contributed by atoms with Gasteiger partial charge in [0.05, 0.1) is 4.88 Å². The molecule has 106 valence electrons. The van der Waals surface area contributed by atoms with Crippen LogP contribution in [0.1, 0.15) is 15.2 Å².